The molecule has 0 radical (unpaired) electrons. The van der Waals surface area contributed by atoms with E-state index in [2.05, 4.69) is 36.8 Å². The Morgan fingerprint density at radius 3 is 2.46 bits per heavy atom. The lowest BCUT2D eigenvalue weighted by atomic mass is 10.2. The van der Waals surface area contributed by atoms with Crippen molar-refractivity contribution in [3.05, 3.63) is 28.2 Å². The fraction of sp³-hybridized carbons (Fsp3) is 0.286. The molecule has 130 valence electrons. The average Bonchev–Trinajstić information content (AvgIpc) is 2.57. The van der Waals surface area contributed by atoms with Gasteiger partial charge < -0.3 is 14.8 Å². The van der Waals surface area contributed by atoms with Gasteiger partial charge in [-0.15, -0.1) is 0 Å². The first-order valence-electron chi connectivity index (χ1n) is 6.68. The van der Waals surface area contributed by atoms with Crippen LogP contribution in [0.5, 0.6) is 5.75 Å². The van der Waals surface area contributed by atoms with E-state index in [1.165, 1.54) is 14.2 Å². The molecule has 0 saturated carbocycles. The number of benzene rings is 1. The van der Waals surface area contributed by atoms with Gasteiger partial charge in [0.2, 0.25) is 5.91 Å². The van der Waals surface area contributed by atoms with Gasteiger partial charge in [0.1, 0.15) is 5.75 Å². The standard InChI is InChI=1S/C14H16BrN3O5S/c1-22-10-4-3-8(7-9(10)15)13(21)17-18-14(24)16-11(19)5-6-12(20)23-2/h3-4,7H,5-6H2,1-2H3,(H,17,21)(H2,16,18,19,24). The molecule has 24 heavy (non-hydrogen) atoms. The van der Waals surface area contributed by atoms with Gasteiger partial charge in [0.05, 0.1) is 25.1 Å². The molecule has 3 N–H and O–H groups in total. The molecule has 0 fully saturated rings. The van der Waals surface area contributed by atoms with Gasteiger partial charge in [-0.3, -0.25) is 25.2 Å². The van der Waals surface area contributed by atoms with Crippen molar-refractivity contribution in [1.29, 1.82) is 0 Å². The van der Waals surface area contributed by atoms with E-state index in [0.717, 1.165) is 0 Å². The summed E-state index contributed by atoms with van der Waals surface area (Å²) in [5, 5.41) is 2.23. The second-order valence-electron chi connectivity index (χ2n) is 4.38. The number of methoxy groups -OCH3 is 2. The van der Waals surface area contributed by atoms with Crippen LogP contribution in [-0.2, 0) is 14.3 Å². The van der Waals surface area contributed by atoms with Gasteiger partial charge in [-0.05, 0) is 46.3 Å². The average molecular weight is 418 g/mol. The number of hydrazine groups is 1. The second-order valence-corrected chi connectivity index (χ2v) is 5.64. The predicted octanol–water partition coefficient (Wildman–Crippen LogP) is 1.05. The lowest BCUT2D eigenvalue weighted by Crippen LogP contribution is -2.48. The largest absolute Gasteiger partial charge is 0.496 e. The molecule has 2 amide bonds. The van der Waals surface area contributed by atoms with Gasteiger partial charge in [-0.1, -0.05) is 0 Å². The number of halogens is 1. The van der Waals surface area contributed by atoms with Crippen molar-refractivity contribution in [3.8, 4) is 5.75 Å². The van der Waals surface area contributed by atoms with Crippen molar-refractivity contribution in [2.45, 2.75) is 12.8 Å². The molecule has 0 atom stereocenters. The molecule has 0 aromatic heterocycles. The second kappa shape index (κ2) is 9.83. The first-order valence-corrected chi connectivity index (χ1v) is 7.88. The van der Waals surface area contributed by atoms with Crippen molar-refractivity contribution < 1.29 is 23.9 Å². The Kier molecular flexibility index (Phi) is 8.13. The molecule has 0 bridgehead atoms. The van der Waals surface area contributed by atoms with E-state index >= 15 is 0 Å². The highest BCUT2D eigenvalue weighted by atomic mass is 79.9. The van der Waals surface area contributed by atoms with Gasteiger partial charge in [-0.2, -0.15) is 0 Å². The number of carbonyl (C=O) groups excluding carboxylic acids is 3. The molecule has 10 heteroatoms. The Labute approximate surface area is 152 Å². The summed E-state index contributed by atoms with van der Waals surface area (Å²) < 4.78 is 10.1. The molecular weight excluding hydrogens is 402 g/mol. The Bertz CT molecular complexity index is 653. The summed E-state index contributed by atoms with van der Waals surface area (Å²) >= 11 is 8.15. The monoisotopic (exact) mass is 417 g/mol. The zero-order chi connectivity index (χ0) is 18.1. The number of carbonyl (C=O) groups is 3. The van der Waals surface area contributed by atoms with Crippen LogP contribution >= 0.6 is 28.1 Å². The highest BCUT2D eigenvalue weighted by Crippen LogP contribution is 2.25. The lowest BCUT2D eigenvalue weighted by Gasteiger charge is -2.11. The molecule has 0 heterocycles. The minimum Gasteiger partial charge on any atom is -0.496 e. The molecule has 1 aromatic rings. The number of thiocarbonyl (C=S) groups is 1. The van der Waals surface area contributed by atoms with Gasteiger partial charge in [0.15, 0.2) is 5.11 Å². The fourth-order valence-corrected chi connectivity index (χ4v) is 2.24. The maximum absolute atomic E-state index is 12.0. The minimum absolute atomic E-state index is 0.0584. The zero-order valence-corrected chi connectivity index (χ0v) is 15.4. The molecule has 1 rings (SSSR count). The Hall–Kier alpha value is -2.20. The first kappa shape index (κ1) is 19.8. The molecule has 1 aromatic carbocycles. The van der Waals surface area contributed by atoms with Gasteiger partial charge in [-0.25, -0.2) is 0 Å². The molecule has 0 saturated heterocycles. The molecular formula is C14H16BrN3O5S. The Morgan fingerprint density at radius 1 is 1.17 bits per heavy atom. The lowest BCUT2D eigenvalue weighted by molar-refractivity contribution is -0.142. The van der Waals surface area contributed by atoms with E-state index in [1.54, 1.807) is 18.2 Å². The summed E-state index contributed by atoms with van der Waals surface area (Å²) in [5.41, 5.74) is 5.10. The van der Waals surface area contributed by atoms with Crippen molar-refractivity contribution in [1.82, 2.24) is 16.2 Å². The maximum atomic E-state index is 12.0. The third kappa shape index (κ3) is 6.50. The summed E-state index contributed by atoms with van der Waals surface area (Å²) in [6.45, 7) is 0. The molecule has 0 spiro atoms. The van der Waals surface area contributed by atoms with Gasteiger partial charge >= 0.3 is 5.97 Å². The number of ether oxygens (including phenoxy) is 2. The van der Waals surface area contributed by atoms with Crippen molar-refractivity contribution >= 4 is 51.0 Å². The number of esters is 1. The molecule has 0 unspecified atom stereocenters. The SMILES string of the molecule is COC(=O)CCC(=O)NC(=S)NNC(=O)c1ccc(OC)c(Br)c1. The maximum Gasteiger partial charge on any atom is 0.306 e. The van der Waals surface area contributed by atoms with E-state index < -0.39 is 17.8 Å². The van der Waals surface area contributed by atoms with Crippen LogP contribution in [0.15, 0.2) is 22.7 Å². The van der Waals surface area contributed by atoms with Crippen LogP contribution < -0.4 is 20.9 Å². The number of nitrogens with one attached hydrogen (secondary N) is 3. The fourth-order valence-electron chi connectivity index (χ4n) is 1.53. The summed E-state index contributed by atoms with van der Waals surface area (Å²) in [5.74, 6) is -0.834. The molecule has 0 aliphatic heterocycles. The van der Waals surface area contributed by atoms with Crippen molar-refractivity contribution in [3.63, 3.8) is 0 Å². The van der Waals surface area contributed by atoms with Crippen LogP contribution in [0, 0.1) is 0 Å². The third-order valence-electron chi connectivity index (χ3n) is 2.74. The van der Waals surface area contributed by atoms with Crippen LogP contribution in [0.2, 0.25) is 0 Å². The van der Waals surface area contributed by atoms with Gasteiger partial charge in [0, 0.05) is 12.0 Å². The van der Waals surface area contributed by atoms with Crippen LogP contribution in [0.4, 0.5) is 0 Å². The molecule has 0 aliphatic rings. The zero-order valence-electron chi connectivity index (χ0n) is 13.0. The topological polar surface area (TPSA) is 106 Å². The Balaban J connectivity index is 2.43. The summed E-state index contributed by atoms with van der Waals surface area (Å²) in [6, 6.07) is 4.78. The van der Waals surface area contributed by atoms with Crippen LogP contribution in [0.25, 0.3) is 0 Å². The predicted molar refractivity (Wildman–Crippen MR) is 93.3 cm³/mol. The smallest absolute Gasteiger partial charge is 0.306 e. The summed E-state index contributed by atoms with van der Waals surface area (Å²) in [7, 11) is 2.75. The van der Waals surface area contributed by atoms with E-state index in [-0.39, 0.29) is 18.0 Å². The van der Waals surface area contributed by atoms with Crippen LogP contribution in [0.3, 0.4) is 0 Å². The summed E-state index contributed by atoms with van der Waals surface area (Å²) in [4.78, 5) is 34.4. The highest BCUT2D eigenvalue weighted by Gasteiger charge is 2.11. The number of hydrogen-bond acceptors (Lipinski definition) is 6. The Morgan fingerprint density at radius 2 is 1.88 bits per heavy atom. The normalized spacial score (nSPS) is 9.62. The molecule has 8 nitrogen and oxygen atoms in total. The van der Waals surface area contributed by atoms with E-state index in [0.29, 0.717) is 15.8 Å². The minimum atomic E-state index is -0.498. The van der Waals surface area contributed by atoms with E-state index in [1.807, 2.05) is 0 Å². The van der Waals surface area contributed by atoms with Crippen LogP contribution in [-0.4, -0.2) is 37.1 Å². The van der Waals surface area contributed by atoms with Gasteiger partial charge in [0.25, 0.3) is 5.91 Å². The molecule has 0 aliphatic carbocycles. The van der Waals surface area contributed by atoms with Crippen LogP contribution in [0.1, 0.15) is 23.2 Å². The third-order valence-corrected chi connectivity index (χ3v) is 3.56. The summed E-state index contributed by atoms with van der Waals surface area (Å²) in [6.07, 6.45) is -0.134. The van der Waals surface area contributed by atoms with Crippen molar-refractivity contribution in [2.24, 2.45) is 0 Å². The van der Waals surface area contributed by atoms with E-state index in [4.69, 9.17) is 17.0 Å². The number of amides is 2. The van der Waals surface area contributed by atoms with E-state index in [9.17, 15) is 14.4 Å². The quantitative estimate of drug-likeness (QED) is 0.373. The van der Waals surface area contributed by atoms with Crippen molar-refractivity contribution in [2.75, 3.05) is 14.2 Å². The highest BCUT2D eigenvalue weighted by molar-refractivity contribution is 9.10. The number of rotatable bonds is 5. The first-order chi connectivity index (χ1) is 11.4. The number of hydrogen-bond donors (Lipinski definition) is 3.